The fourth-order valence-electron chi connectivity index (χ4n) is 1.72. The summed E-state index contributed by atoms with van der Waals surface area (Å²) in [6.07, 6.45) is 6.54. The molecule has 16 heavy (non-hydrogen) atoms. The quantitative estimate of drug-likeness (QED) is 0.723. The summed E-state index contributed by atoms with van der Waals surface area (Å²) >= 11 is 0. The first-order valence-electron chi connectivity index (χ1n) is 6.05. The standard InChI is InChI=1S/C13H24N2O/c1-11(2)13(14)12-6-8-15(10-12)7-4-5-9-16-3/h6,8,10-11,13H,4-5,7,9,14H2,1-3H3. The summed E-state index contributed by atoms with van der Waals surface area (Å²) < 4.78 is 7.24. The highest BCUT2D eigenvalue weighted by Crippen LogP contribution is 2.19. The predicted molar refractivity (Wildman–Crippen MR) is 67.3 cm³/mol. The van der Waals surface area contributed by atoms with Crippen LogP contribution < -0.4 is 5.73 Å². The molecule has 0 radical (unpaired) electrons. The Morgan fingerprint density at radius 2 is 2.12 bits per heavy atom. The van der Waals surface area contributed by atoms with Crippen LogP contribution in [0.25, 0.3) is 0 Å². The molecular weight excluding hydrogens is 200 g/mol. The molecule has 92 valence electrons. The Morgan fingerprint density at radius 1 is 1.38 bits per heavy atom. The van der Waals surface area contributed by atoms with Gasteiger partial charge in [-0.25, -0.2) is 0 Å². The normalized spacial score (nSPS) is 13.3. The maximum Gasteiger partial charge on any atom is 0.0462 e. The Balaban J connectivity index is 2.39. The molecule has 0 bridgehead atoms. The number of nitrogens with two attached hydrogens (primary N) is 1. The van der Waals surface area contributed by atoms with Gasteiger partial charge in [-0.2, -0.15) is 0 Å². The molecule has 0 aliphatic heterocycles. The highest BCUT2D eigenvalue weighted by molar-refractivity contribution is 5.15. The van der Waals surface area contributed by atoms with E-state index in [0.29, 0.717) is 5.92 Å². The second-order valence-electron chi connectivity index (χ2n) is 4.65. The van der Waals surface area contributed by atoms with Crippen molar-refractivity contribution in [3.63, 3.8) is 0 Å². The summed E-state index contributed by atoms with van der Waals surface area (Å²) in [5.74, 6) is 0.490. The maximum absolute atomic E-state index is 6.09. The van der Waals surface area contributed by atoms with Crippen LogP contribution in [0.15, 0.2) is 18.5 Å². The van der Waals surface area contributed by atoms with E-state index < -0.39 is 0 Å². The predicted octanol–water partition coefficient (Wildman–Crippen LogP) is 2.57. The first-order valence-corrected chi connectivity index (χ1v) is 6.05. The van der Waals surface area contributed by atoms with Gasteiger partial charge in [0.05, 0.1) is 0 Å². The summed E-state index contributed by atoms with van der Waals surface area (Å²) in [5.41, 5.74) is 7.33. The molecule has 0 amide bonds. The third-order valence-electron chi connectivity index (χ3n) is 2.89. The Kier molecular flexibility index (Phi) is 5.56. The number of hydrogen-bond acceptors (Lipinski definition) is 2. The average Bonchev–Trinajstić information content (AvgIpc) is 2.72. The van der Waals surface area contributed by atoms with Crippen LogP contribution in [0.4, 0.5) is 0 Å². The van der Waals surface area contributed by atoms with Crippen LogP contribution in [0.5, 0.6) is 0 Å². The van der Waals surface area contributed by atoms with Crippen LogP contribution in [0, 0.1) is 5.92 Å². The SMILES string of the molecule is COCCCCn1ccc(C(N)C(C)C)c1. The van der Waals surface area contributed by atoms with Crippen LogP contribution in [-0.2, 0) is 11.3 Å². The first kappa shape index (κ1) is 13.3. The Hall–Kier alpha value is -0.800. The summed E-state index contributed by atoms with van der Waals surface area (Å²) in [4.78, 5) is 0. The number of nitrogens with zero attached hydrogens (tertiary/aromatic N) is 1. The molecule has 1 aromatic rings. The van der Waals surface area contributed by atoms with E-state index in [0.717, 1.165) is 26.0 Å². The third-order valence-corrected chi connectivity index (χ3v) is 2.89. The van der Waals surface area contributed by atoms with Crippen molar-refractivity contribution in [2.24, 2.45) is 11.7 Å². The number of rotatable bonds is 7. The van der Waals surface area contributed by atoms with Crippen molar-refractivity contribution in [1.29, 1.82) is 0 Å². The molecule has 0 spiro atoms. The van der Waals surface area contributed by atoms with Gasteiger partial charge < -0.3 is 15.0 Å². The second kappa shape index (κ2) is 6.71. The zero-order chi connectivity index (χ0) is 12.0. The number of aryl methyl sites for hydroxylation is 1. The molecule has 1 heterocycles. The van der Waals surface area contributed by atoms with E-state index in [-0.39, 0.29) is 6.04 Å². The van der Waals surface area contributed by atoms with Crippen molar-refractivity contribution in [3.05, 3.63) is 24.0 Å². The molecule has 0 aromatic carbocycles. The Labute approximate surface area is 98.6 Å². The van der Waals surface area contributed by atoms with E-state index in [2.05, 4.69) is 36.9 Å². The lowest BCUT2D eigenvalue weighted by molar-refractivity contribution is 0.191. The van der Waals surface area contributed by atoms with Crippen LogP contribution in [0.1, 0.15) is 38.3 Å². The van der Waals surface area contributed by atoms with Crippen molar-refractivity contribution in [2.75, 3.05) is 13.7 Å². The van der Waals surface area contributed by atoms with E-state index in [9.17, 15) is 0 Å². The average molecular weight is 224 g/mol. The minimum Gasteiger partial charge on any atom is -0.385 e. The van der Waals surface area contributed by atoms with E-state index in [1.807, 2.05) is 0 Å². The van der Waals surface area contributed by atoms with Gasteiger partial charge in [0.2, 0.25) is 0 Å². The molecule has 3 heteroatoms. The highest BCUT2D eigenvalue weighted by Gasteiger charge is 2.11. The Morgan fingerprint density at radius 3 is 2.75 bits per heavy atom. The number of methoxy groups -OCH3 is 1. The van der Waals surface area contributed by atoms with Crippen molar-refractivity contribution in [1.82, 2.24) is 4.57 Å². The molecule has 1 unspecified atom stereocenters. The second-order valence-corrected chi connectivity index (χ2v) is 4.65. The number of unbranched alkanes of at least 4 members (excludes halogenated alkanes) is 1. The monoisotopic (exact) mass is 224 g/mol. The summed E-state index contributed by atoms with van der Waals surface area (Å²) in [7, 11) is 1.75. The lowest BCUT2D eigenvalue weighted by Crippen LogP contribution is -2.15. The van der Waals surface area contributed by atoms with Gasteiger partial charge in [0.1, 0.15) is 0 Å². The fourth-order valence-corrected chi connectivity index (χ4v) is 1.72. The van der Waals surface area contributed by atoms with E-state index >= 15 is 0 Å². The van der Waals surface area contributed by atoms with Crippen LogP contribution in [0.3, 0.4) is 0 Å². The van der Waals surface area contributed by atoms with Gasteiger partial charge >= 0.3 is 0 Å². The van der Waals surface area contributed by atoms with Gasteiger partial charge in [-0.1, -0.05) is 13.8 Å². The third kappa shape index (κ3) is 3.99. The largest absolute Gasteiger partial charge is 0.385 e. The van der Waals surface area contributed by atoms with Crippen molar-refractivity contribution in [3.8, 4) is 0 Å². The van der Waals surface area contributed by atoms with Gasteiger partial charge in [0.25, 0.3) is 0 Å². The lowest BCUT2D eigenvalue weighted by Gasteiger charge is -2.13. The molecule has 0 saturated heterocycles. The molecule has 1 aromatic heterocycles. The molecule has 1 rings (SSSR count). The van der Waals surface area contributed by atoms with Gasteiger partial charge in [0, 0.05) is 38.7 Å². The first-order chi connectivity index (χ1) is 7.65. The van der Waals surface area contributed by atoms with E-state index in [1.54, 1.807) is 7.11 Å². The van der Waals surface area contributed by atoms with E-state index in [4.69, 9.17) is 10.5 Å². The minimum absolute atomic E-state index is 0.153. The van der Waals surface area contributed by atoms with E-state index in [1.165, 1.54) is 5.56 Å². The van der Waals surface area contributed by atoms with Gasteiger partial charge in [-0.3, -0.25) is 0 Å². The smallest absolute Gasteiger partial charge is 0.0462 e. The molecule has 0 aliphatic carbocycles. The van der Waals surface area contributed by atoms with Gasteiger partial charge in [-0.05, 0) is 30.4 Å². The number of aromatic nitrogens is 1. The Bertz CT molecular complexity index is 294. The van der Waals surface area contributed by atoms with Gasteiger partial charge in [-0.15, -0.1) is 0 Å². The van der Waals surface area contributed by atoms with Gasteiger partial charge in [0.15, 0.2) is 0 Å². The van der Waals surface area contributed by atoms with Crippen LogP contribution in [-0.4, -0.2) is 18.3 Å². The summed E-state index contributed by atoms with van der Waals surface area (Å²) in [5, 5.41) is 0. The lowest BCUT2D eigenvalue weighted by atomic mass is 10.00. The molecule has 0 aliphatic rings. The van der Waals surface area contributed by atoms with Crippen molar-refractivity contribution in [2.45, 2.75) is 39.3 Å². The summed E-state index contributed by atoms with van der Waals surface area (Å²) in [6.45, 7) is 6.20. The van der Waals surface area contributed by atoms with Crippen molar-refractivity contribution < 1.29 is 4.74 Å². The van der Waals surface area contributed by atoms with Crippen molar-refractivity contribution >= 4 is 0 Å². The molecular formula is C13H24N2O. The maximum atomic E-state index is 6.09. The zero-order valence-electron chi connectivity index (χ0n) is 10.6. The number of ether oxygens (including phenoxy) is 1. The van der Waals surface area contributed by atoms with Crippen LogP contribution in [0.2, 0.25) is 0 Å². The minimum atomic E-state index is 0.153. The summed E-state index contributed by atoms with van der Waals surface area (Å²) in [6, 6.07) is 2.28. The molecule has 3 nitrogen and oxygen atoms in total. The molecule has 0 saturated carbocycles. The number of hydrogen-bond donors (Lipinski definition) is 1. The molecule has 2 N–H and O–H groups in total. The zero-order valence-corrected chi connectivity index (χ0v) is 10.6. The van der Waals surface area contributed by atoms with Crippen LogP contribution >= 0.6 is 0 Å². The fraction of sp³-hybridized carbons (Fsp3) is 0.692. The highest BCUT2D eigenvalue weighted by atomic mass is 16.5. The molecule has 0 fully saturated rings. The topological polar surface area (TPSA) is 40.2 Å². The molecule has 1 atom stereocenters.